The number of anilines is 1. The Labute approximate surface area is 229 Å². The van der Waals surface area contributed by atoms with Gasteiger partial charge in [0.15, 0.2) is 5.82 Å². The lowest BCUT2D eigenvalue weighted by atomic mass is 10.1. The lowest BCUT2D eigenvalue weighted by molar-refractivity contribution is -0.384. The quantitative estimate of drug-likeness (QED) is 0.166. The first kappa shape index (κ1) is 26.0. The van der Waals surface area contributed by atoms with Gasteiger partial charge in [-0.3, -0.25) is 19.6 Å². The molecule has 0 saturated carbocycles. The highest BCUT2D eigenvalue weighted by Crippen LogP contribution is 2.29. The molecule has 0 fully saturated rings. The minimum atomic E-state index is -0.530. The van der Waals surface area contributed by atoms with Gasteiger partial charge in [0.1, 0.15) is 12.4 Å². The van der Waals surface area contributed by atoms with E-state index in [4.69, 9.17) is 39.5 Å². The van der Waals surface area contributed by atoms with Gasteiger partial charge in [0.25, 0.3) is 11.6 Å². The van der Waals surface area contributed by atoms with Gasteiger partial charge in [-0.1, -0.05) is 53.0 Å². The van der Waals surface area contributed by atoms with E-state index in [0.717, 1.165) is 11.1 Å². The van der Waals surface area contributed by atoms with E-state index in [0.29, 0.717) is 38.2 Å². The number of carbonyl (C=O) groups excluding carboxylic acids is 1. The van der Waals surface area contributed by atoms with E-state index in [-0.39, 0.29) is 23.2 Å². The zero-order valence-electron chi connectivity index (χ0n) is 18.3. The number of amides is 1. The summed E-state index contributed by atoms with van der Waals surface area (Å²) in [4.78, 5) is 23.0. The van der Waals surface area contributed by atoms with E-state index < -0.39 is 4.92 Å². The molecule has 0 atom stereocenters. The van der Waals surface area contributed by atoms with Crippen LogP contribution in [0.4, 0.5) is 11.5 Å². The molecule has 0 spiro atoms. The number of ether oxygens (including phenoxy) is 1. The fourth-order valence-corrected chi connectivity index (χ4v) is 4.17. The standard InChI is InChI=1S/C24H16BrCl3N4O4/c25-18-12-31(11-15-3-7-19(26)20(27)9-15)30-23(18)29-24(33)16-4-1-14(2-5-16)13-36-22-8-6-17(32(34)35)10-21(22)28/h1-10,12H,11,13H2,(H,29,30,33). The molecule has 0 saturated heterocycles. The number of non-ortho nitro benzene ring substituents is 1. The number of halogens is 4. The maximum absolute atomic E-state index is 12.7. The molecule has 0 aliphatic heterocycles. The van der Waals surface area contributed by atoms with Crippen molar-refractivity contribution in [3.8, 4) is 5.75 Å². The molecule has 0 aliphatic carbocycles. The van der Waals surface area contributed by atoms with Crippen molar-refractivity contribution in [2.24, 2.45) is 0 Å². The summed E-state index contributed by atoms with van der Waals surface area (Å²) in [5.41, 5.74) is 2.00. The summed E-state index contributed by atoms with van der Waals surface area (Å²) >= 11 is 21.5. The molecule has 4 aromatic rings. The van der Waals surface area contributed by atoms with Gasteiger partial charge >= 0.3 is 0 Å². The molecule has 36 heavy (non-hydrogen) atoms. The van der Waals surface area contributed by atoms with Gasteiger partial charge in [0.2, 0.25) is 0 Å². The lowest BCUT2D eigenvalue weighted by Crippen LogP contribution is -2.13. The Morgan fingerprint density at radius 1 is 1.00 bits per heavy atom. The highest BCUT2D eigenvalue weighted by atomic mass is 79.9. The molecule has 0 aliphatic rings. The molecular weight excluding hydrogens is 595 g/mol. The van der Waals surface area contributed by atoms with Crippen molar-refractivity contribution in [1.29, 1.82) is 0 Å². The average molecular weight is 611 g/mol. The molecule has 3 aromatic carbocycles. The van der Waals surface area contributed by atoms with E-state index in [1.807, 2.05) is 6.07 Å². The third kappa shape index (κ3) is 6.36. The number of rotatable bonds is 8. The maximum Gasteiger partial charge on any atom is 0.271 e. The van der Waals surface area contributed by atoms with Gasteiger partial charge in [-0.25, -0.2) is 0 Å². The first-order chi connectivity index (χ1) is 17.2. The van der Waals surface area contributed by atoms with Crippen LogP contribution < -0.4 is 10.1 Å². The van der Waals surface area contributed by atoms with Gasteiger partial charge in [-0.05, 0) is 57.4 Å². The van der Waals surface area contributed by atoms with Crippen LogP contribution in [-0.4, -0.2) is 20.6 Å². The second kappa shape index (κ2) is 11.3. The largest absolute Gasteiger partial charge is 0.487 e. The first-order valence-corrected chi connectivity index (χ1v) is 12.3. The molecule has 1 amide bonds. The van der Waals surface area contributed by atoms with Gasteiger partial charge in [-0.2, -0.15) is 5.10 Å². The smallest absolute Gasteiger partial charge is 0.271 e. The molecule has 0 bridgehead atoms. The second-order valence-corrected chi connectivity index (χ2v) is 9.66. The minimum absolute atomic E-state index is 0.117. The van der Waals surface area contributed by atoms with Crippen LogP contribution in [0, 0.1) is 10.1 Å². The third-order valence-corrected chi connectivity index (χ3v) is 6.63. The van der Waals surface area contributed by atoms with Crippen molar-refractivity contribution >= 4 is 68.1 Å². The molecule has 184 valence electrons. The Morgan fingerprint density at radius 2 is 1.72 bits per heavy atom. The monoisotopic (exact) mass is 608 g/mol. The van der Waals surface area contributed by atoms with Crippen molar-refractivity contribution in [1.82, 2.24) is 9.78 Å². The predicted molar refractivity (Wildman–Crippen MR) is 142 cm³/mol. The molecule has 1 heterocycles. The average Bonchev–Trinajstić information content (AvgIpc) is 3.19. The van der Waals surface area contributed by atoms with Crippen molar-refractivity contribution in [2.75, 3.05) is 5.32 Å². The van der Waals surface area contributed by atoms with Crippen molar-refractivity contribution in [3.63, 3.8) is 0 Å². The fourth-order valence-electron chi connectivity index (χ4n) is 3.20. The minimum Gasteiger partial charge on any atom is -0.487 e. The zero-order valence-corrected chi connectivity index (χ0v) is 22.1. The van der Waals surface area contributed by atoms with Crippen LogP contribution in [-0.2, 0) is 13.2 Å². The Balaban J connectivity index is 1.36. The first-order valence-electron chi connectivity index (χ1n) is 10.3. The van der Waals surface area contributed by atoms with Crippen molar-refractivity contribution in [3.05, 3.63) is 113 Å². The molecule has 1 aromatic heterocycles. The van der Waals surface area contributed by atoms with E-state index in [9.17, 15) is 14.9 Å². The second-order valence-electron chi connectivity index (χ2n) is 7.58. The van der Waals surface area contributed by atoms with Gasteiger partial charge in [0.05, 0.1) is 31.0 Å². The molecule has 1 N–H and O–H groups in total. The number of aromatic nitrogens is 2. The Kier molecular flexibility index (Phi) is 8.15. The number of benzene rings is 3. The molecule has 0 radical (unpaired) electrons. The normalized spacial score (nSPS) is 10.8. The number of carbonyl (C=O) groups is 1. The summed E-state index contributed by atoms with van der Waals surface area (Å²) in [6.07, 6.45) is 1.75. The number of hydrogen-bond donors (Lipinski definition) is 1. The van der Waals surface area contributed by atoms with Crippen LogP contribution in [0.5, 0.6) is 5.75 Å². The highest BCUT2D eigenvalue weighted by Gasteiger charge is 2.14. The van der Waals surface area contributed by atoms with Crippen LogP contribution >= 0.6 is 50.7 Å². The lowest BCUT2D eigenvalue weighted by Gasteiger charge is -2.09. The SMILES string of the molecule is O=C(Nc1nn(Cc2ccc(Cl)c(Cl)c2)cc1Br)c1ccc(COc2ccc([N+](=O)[O-])cc2Cl)cc1. The van der Waals surface area contributed by atoms with Gasteiger partial charge in [0, 0.05) is 23.9 Å². The zero-order chi connectivity index (χ0) is 25.8. The maximum atomic E-state index is 12.7. The number of nitrogens with zero attached hydrogens (tertiary/aromatic N) is 3. The molecule has 8 nitrogen and oxygen atoms in total. The van der Waals surface area contributed by atoms with E-state index in [1.165, 1.54) is 18.2 Å². The predicted octanol–water partition coefficient (Wildman–Crippen LogP) is 7.39. The van der Waals surface area contributed by atoms with E-state index >= 15 is 0 Å². The Bertz CT molecular complexity index is 1440. The van der Waals surface area contributed by atoms with Crippen LogP contribution in [0.25, 0.3) is 0 Å². The van der Waals surface area contributed by atoms with Crippen LogP contribution in [0.3, 0.4) is 0 Å². The highest BCUT2D eigenvalue weighted by molar-refractivity contribution is 9.10. The third-order valence-electron chi connectivity index (χ3n) is 5.01. The van der Waals surface area contributed by atoms with Gasteiger partial charge < -0.3 is 10.1 Å². The molecule has 4 rings (SSSR count). The summed E-state index contributed by atoms with van der Waals surface area (Å²) in [6.45, 7) is 0.614. The van der Waals surface area contributed by atoms with E-state index in [1.54, 1.807) is 47.3 Å². The van der Waals surface area contributed by atoms with Crippen molar-refractivity contribution in [2.45, 2.75) is 13.2 Å². The number of nitro benzene ring substituents is 1. The number of hydrogen-bond acceptors (Lipinski definition) is 5. The Morgan fingerprint density at radius 3 is 2.39 bits per heavy atom. The number of nitrogens with one attached hydrogen (secondary N) is 1. The summed E-state index contributed by atoms with van der Waals surface area (Å²) in [5, 5.41) is 19.1. The fraction of sp³-hybridized carbons (Fsp3) is 0.0833. The number of nitro groups is 1. The van der Waals surface area contributed by atoms with Crippen molar-refractivity contribution < 1.29 is 14.5 Å². The topological polar surface area (TPSA) is 99.3 Å². The van der Waals surface area contributed by atoms with E-state index in [2.05, 4.69) is 26.3 Å². The molecular formula is C24H16BrCl3N4O4. The van der Waals surface area contributed by atoms with Crippen LogP contribution in [0.2, 0.25) is 15.1 Å². The Hall–Kier alpha value is -3.11. The summed E-state index contributed by atoms with van der Waals surface area (Å²) < 4.78 is 7.94. The molecule has 0 unspecified atom stereocenters. The molecule has 12 heteroatoms. The van der Waals surface area contributed by atoms with Crippen LogP contribution in [0.1, 0.15) is 21.5 Å². The van der Waals surface area contributed by atoms with Gasteiger partial charge in [-0.15, -0.1) is 0 Å². The van der Waals surface area contributed by atoms with Crippen LogP contribution in [0.15, 0.2) is 71.3 Å². The summed E-state index contributed by atoms with van der Waals surface area (Å²) in [6, 6.07) is 16.1. The summed E-state index contributed by atoms with van der Waals surface area (Å²) in [5.74, 6) is 0.368. The summed E-state index contributed by atoms with van der Waals surface area (Å²) in [7, 11) is 0.